The van der Waals surface area contributed by atoms with Crippen molar-refractivity contribution >= 4 is 17.7 Å². The van der Waals surface area contributed by atoms with E-state index in [1.807, 2.05) is 19.1 Å². The van der Waals surface area contributed by atoms with E-state index in [4.69, 9.17) is 0 Å². The fourth-order valence-electron chi connectivity index (χ4n) is 2.66. The van der Waals surface area contributed by atoms with Gasteiger partial charge in [0.05, 0.1) is 6.54 Å². The Hall–Kier alpha value is -1.18. The molecule has 0 radical (unpaired) electrons. The Balaban J connectivity index is 1.71. The average molecular weight is 357 g/mol. The van der Waals surface area contributed by atoms with Gasteiger partial charge in [-0.1, -0.05) is 30.8 Å². The molecule has 4 nitrogen and oxygen atoms in total. The Labute approximate surface area is 146 Å². The van der Waals surface area contributed by atoms with Gasteiger partial charge in [-0.05, 0) is 24.1 Å². The van der Waals surface area contributed by atoms with Crippen molar-refractivity contribution in [2.45, 2.75) is 30.5 Å². The number of benzene rings is 1. The first kappa shape index (κ1) is 19.1. The third kappa shape index (κ3) is 6.75. The van der Waals surface area contributed by atoms with E-state index in [-0.39, 0.29) is 5.91 Å². The molecule has 0 aliphatic carbocycles. The molecule has 1 aromatic rings. The van der Waals surface area contributed by atoms with Crippen molar-refractivity contribution in [2.24, 2.45) is 0 Å². The summed E-state index contributed by atoms with van der Waals surface area (Å²) in [5, 5.41) is 2.90. The fraction of sp³-hybridized carbons (Fsp3) is 0.588. The quantitative estimate of drug-likeness (QED) is 0.726. The van der Waals surface area contributed by atoms with Gasteiger partial charge in [0.2, 0.25) is 5.91 Å². The van der Waals surface area contributed by atoms with Gasteiger partial charge in [0, 0.05) is 44.2 Å². The minimum Gasteiger partial charge on any atom is -0.355 e. The van der Waals surface area contributed by atoms with Gasteiger partial charge < -0.3 is 5.32 Å². The van der Waals surface area contributed by atoms with E-state index in [0.29, 0.717) is 23.2 Å². The molecule has 134 valence electrons. The van der Waals surface area contributed by atoms with Gasteiger partial charge in [-0.2, -0.15) is 8.78 Å². The predicted molar refractivity (Wildman–Crippen MR) is 93.3 cm³/mol. The Kier molecular flexibility index (Phi) is 7.94. The smallest absolute Gasteiger partial charge is 0.288 e. The van der Waals surface area contributed by atoms with E-state index in [1.165, 1.54) is 0 Å². The molecular weight excluding hydrogens is 332 g/mol. The third-order valence-corrected chi connectivity index (χ3v) is 4.68. The van der Waals surface area contributed by atoms with Crippen LogP contribution < -0.4 is 5.32 Å². The van der Waals surface area contributed by atoms with Crippen LogP contribution in [-0.4, -0.2) is 60.7 Å². The van der Waals surface area contributed by atoms with E-state index in [9.17, 15) is 13.6 Å². The minimum atomic E-state index is -2.38. The summed E-state index contributed by atoms with van der Waals surface area (Å²) in [5.74, 6) is -2.28. The first-order valence-electron chi connectivity index (χ1n) is 8.32. The van der Waals surface area contributed by atoms with Crippen LogP contribution in [0.5, 0.6) is 0 Å². The summed E-state index contributed by atoms with van der Waals surface area (Å²) in [7, 11) is 0. The van der Waals surface area contributed by atoms with Crippen molar-refractivity contribution in [1.29, 1.82) is 0 Å². The summed E-state index contributed by atoms with van der Waals surface area (Å²) in [4.78, 5) is 16.8. The molecule has 1 amide bonds. The van der Waals surface area contributed by atoms with Gasteiger partial charge >= 0.3 is 0 Å². The largest absolute Gasteiger partial charge is 0.355 e. The van der Waals surface area contributed by atoms with E-state index >= 15 is 0 Å². The van der Waals surface area contributed by atoms with Crippen LogP contribution in [0.4, 0.5) is 8.78 Å². The highest BCUT2D eigenvalue weighted by molar-refractivity contribution is 7.99. The van der Waals surface area contributed by atoms with Gasteiger partial charge in [-0.15, -0.1) is 0 Å². The van der Waals surface area contributed by atoms with Crippen molar-refractivity contribution in [2.75, 3.05) is 39.3 Å². The summed E-state index contributed by atoms with van der Waals surface area (Å²) in [6.07, 6.45) is 0.953. The summed E-state index contributed by atoms with van der Waals surface area (Å²) in [6.45, 7) is 7.63. The Morgan fingerprint density at radius 2 is 1.79 bits per heavy atom. The van der Waals surface area contributed by atoms with Crippen molar-refractivity contribution < 1.29 is 13.6 Å². The van der Waals surface area contributed by atoms with E-state index < -0.39 is 5.76 Å². The average Bonchev–Trinajstić information content (AvgIpc) is 2.56. The van der Waals surface area contributed by atoms with Gasteiger partial charge in [0.1, 0.15) is 0 Å². The van der Waals surface area contributed by atoms with Crippen LogP contribution in [0.2, 0.25) is 0 Å². The molecule has 1 fully saturated rings. The molecule has 0 spiro atoms. The van der Waals surface area contributed by atoms with Crippen LogP contribution in [0, 0.1) is 0 Å². The molecule has 1 aliphatic rings. The molecule has 0 atom stereocenters. The number of amides is 1. The number of rotatable bonds is 8. The lowest BCUT2D eigenvalue weighted by Gasteiger charge is -2.34. The molecule has 0 aromatic heterocycles. The summed E-state index contributed by atoms with van der Waals surface area (Å²) < 4.78 is 24.6. The Morgan fingerprint density at radius 1 is 1.17 bits per heavy atom. The van der Waals surface area contributed by atoms with Gasteiger partial charge in [0.15, 0.2) is 0 Å². The first-order chi connectivity index (χ1) is 11.6. The van der Waals surface area contributed by atoms with Crippen molar-refractivity contribution in [3.05, 3.63) is 29.8 Å². The number of nitrogens with one attached hydrogen (secondary N) is 1. The second kappa shape index (κ2) is 9.96. The second-order valence-electron chi connectivity index (χ2n) is 5.92. The lowest BCUT2D eigenvalue weighted by molar-refractivity contribution is -0.122. The summed E-state index contributed by atoms with van der Waals surface area (Å²) >= 11 is 0.573. The molecule has 2 rings (SSSR count). The second-order valence-corrected chi connectivity index (χ2v) is 6.99. The molecular formula is C17H25F2N3OS. The fourth-order valence-corrected chi connectivity index (χ4v) is 3.16. The number of hydrogen-bond acceptors (Lipinski definition) is 4. The molecule has 0 saturated carbocycles. The highest BCUT2D eigenvalue weighted by atomic mass is 32.2. The standard InChI is InChI=1S/C17H25F2N3OS/c1-2-7-20-16(23)13-22-10-8-21(9-11-22)12-14-3-5-15(6-4-14)24-17(18)19/h3-6,17H,2,7-13H2,1H3,(H,20,23). The number of nitrogens with zero attached hydrogens (tertiary/aromatic N) is 2. The minimum absolute atomic E-state index is 0.0948. The molecule has 1 aromatic carbocycles. The monoisotopic (exact) mass is 357 g/mol. The van der Waals surface area contributed by atoms with E-state index in [2.05, 4.69) is 15.1 Å². The summed E-state index contributed by atoms with van der Waals surface area (Å²) in [5.41, 5.74) is 1.13. The molecule has 0 bridgehead atoms. The lowest BCUT2D eigenvalue weighted by atomic mass is 10.2. The van der Waals surface area contributed by atoms with Crippen LogP contribution in [0.3, 0.4) is 0 Å². The highest BCUT2D eigenvalue weighted by Crippen LogP contribution is 2.25. The number of hydrogen-bond donors (Lipinski definition) is 1. The first-order valence-corrected chi connectivity index (χ1v) is 9.20. The highest BCUT2D eigenvalue weighted by Gasteiger charge is 2.18. The molecule has 1 heterocycles. The zero-order chi connectivity index (χ0) is 17.4. The van der Waals surface area contributed by atoms with Gasteiger partial charge in [-0.25, -0.2) is 0 Å². The topological polar surface area (TPSA) is 35.6 Å². The van der Waals surface area contributed by atoms with Gasteiger partial charge in [-0.3, -0.25) is 14.6 Å². The van der Waals surface area contributed by atoms with Crippen LogP contribution in [0.25, 0.3) is 0 Å². The number of carbonyl (C=O) groups excluding carboxylic acids is 1. The third-order valence-electron chi connectivity index (χ3n) is 3.96. The number of halogens is 2. The predicted octanol–water partition coefficient (Wildman–Crippen LogP) is 2.65. The molecule has 7 heteroatoms. The molecule has 0 unspecified atom stereocenters. The van der Waals surface area contributed by atoms with Crippen molar-refractivity contribution in [3.8, 4) is 0 Å². The molecule has 24 heavy (non-hydrogen) atoms. The lowest BCUT2D eigenvalue weighted by Crippen LogP contribution is -2.49. The van der Waals surface area contributed by atoms with Crippen molar-refractivity contribution in [1.82, 2.24) is 15.1 Å². The number of carbonyl (C=O) groups is 1. The summed E-state index contributed by atoms with van der Waals surface area (Å²) in [6, 6.07) is 7.32. The Bertz CT molecular complexity index is 505. The van der Waals surface area contributed by atoms with E-state index in [1.54, 1.807) is 12.1 Å². The number of thioether (sulfide) groups is 1. The SMILES string of the molecule is CCCNC(=O)CN1CCN(Cc2ccc(SC(F)F)cc2)CC1. The van der Waals surface area contributed by atoms with Gasteiger partial charge in [0.25, 0.3) is 5.76 Å². The van der Waals surface area contributed by atoms with Crippen LogP contribution >= 0.6 is 11.8 Å². The molecule has 1 N–H and O–H groups in total. The maximum atomic E-state index is 12.3. The maximum Gasteiger partial charge on any atom is 0.288 e. The zero-order valence-electron chi connectivity index (χ0n) is 14.0. The molecule has 1 aliphatic heterocycles. The number of alkyl halides is 2. The number of piperazine rings is 1. The normalized spacial score (nSPS) is 16.5. The Morgan fingerprint density at radius 3 is 2.38 bits per heavy atom. The van der Waals surface area contributed by atoms with Crippen LogP contribution in [0.1, 0.15) is 18.9 Å². The van der Waals surface area contributed by atoms with Crippen molar-refractivity contribution in [3.63, 3.8) is 0 Å². The molecule has 1 saturated heterocycles. The van der Waals surface area contributed by atoms with Crippen LogP contribution in [-0.2, 0) is 11.3 Å². The van der Waals surface area contributed by atoms with Crippen LogP contribution in [0.15, 0.2) is 29.2 Å². The van der Waals surface area contributed by atoms with E-state index in [0.717, 1.165) is 51.3 Å². The zero-order valence-corrected chi connectivity index (χ0v) is 14.8. The maximum absolute atomic E-state index is 12.3.